The Balaban J connectivity index is 2.23. The monoisotopic (exact) mass is 263 g/mol. The van der Waals surface area contributed by atoms with Crippen LogP contribution >= 0.6 is 12.2 Å². The number of carbonyl (C=O) groups excluding carboxylic acids is 1. The van der Waals surface area contributed by atoms with Gasteiger partial charge in [0.1, 0.15) is 5.69 Å². The molecule has 1 saturated heterocycles. The van der Waals surface area contributed by atoms with Crippen LogP contribution in [-0.4, -0.2) is 33.4 Å². The fourth-order valence-electron chi connectivity index (χ4n) is 2.28. The van der Waals surface area contributed by atoms with E-state index in [-0.39, 0.29) is 11.9 Å². The first-order chi connectivity index (χ1) is 8.59. The SMILES string of the molecule is Cc1cccc(C(=O)N2CCCCC2C(N)=S)n1. The van der Waals surface area contributed by atoms with Gasteiger partial charge in [0.25, 0.3) is 5.91 Å². The summed E-state index contributed by atoms with van der Waals surface area (Å²) in [5.41, 5.74) is 7.03. The topological polar surface area (TPSA) is 59.2 Å². The van der Waals surface area contributed by atoms with Crippen molar-refractivity contribution >= 4 is 23.1 Å². The fourth-order valence-corrected chi connectivity index (χ4v) is 2.52. The second kappa shape index (κ2) is 5.44. The van der Waals surface area contributed by atoms with Crippen LogP contribution in [0.2, 0.25) is 0 Å². The Bertz CT molecular complexity index is 475. The average Bonchev–Trinajstić information content (AvgIpc) is 2.38. The second-order valence-electron chi connectivity index (χ2n) is 4.58. The number of nitrogens with zero attached hydrogens (tertiary/aromatic N) is 2. The lowest BCUT2D eigenvalue weighted by Crippen LogP contribution is -2.50. The Kier molecular flexibility index (Phi) is 3.91. The Hall–Kier alpha value is -1.49. The Morgan fingerprint density at radius 3 is 2.94 bits per heavy atom. The highest BCUT2D eigenvalue weighted by Crippen LogP contribution is 2.19. The molecular formula is C13H17N3OS. The van der Waals surface area contributed by atoms with Crippen molar-refractivity contribution < 1.29 is 4.79 Å². The molecule has 5 heteroatoms. The summed E-state index contributed by atoms with van der Waals surface area (Å²) in [7, 11) is 0. The van der Waals surface area contributed by atoms with Gasteiger partial charge in [-0.2, -0.15) is 0 Å². The number of aromatic nitrogens is 1. The molecule has 1 atom stereocenters. The lowest BCUT2D eigenvalue weighted by Gasteiger charge is -2.34. The van der Waals surface area contributed by atoms with Crippen molar-refractivity contribution in [3.8, 4) is 0 Å². The van der Waals surface area contributed by atoms with Crippen LogP contribution in [0.15, 0.2) is 18.2 Å². The molecule has 0 spiro atoms. The summed E-state index contributed by atoms with van der Waals surface area (Å²) in [4.78, 5) is 18.8. The Labute approximate surface area is 112 Å². The first-order valence-corrected chi connectivity index (χ1v) is 6.54. The molecule has 18 heavy (non-hydrogen) atoms. The number of pyridine rings is 1. The number of piperidine rings is 1. The number of hydrogen-bond acceptors (Lipinski definition) is 3. The summed E-state index contributed by atoms with van der Waals surface area (Å²) >= 11 is 5.05. The maximum absolute atomic E-state index is 12.4. The molecule has 1 aromatic rings. The van der Waals surface area contributed by atoms with Crippen LogP contribution in [-0.2, 0) is 0 Å². The number of carbonyl (C=O) groups is 1. The van der Waals surface area contributed by atoms with Crippen LogP contribution in [0.3, 0.4) is 0 Å². The van der Waals surface area contributed by atoms with Gasteiger partial charge >= 0.3 is 0 Å². The van der Waals surface area contributed by atoms with Crippen LogP contribution in [0.25, 0.3) is 0 Å². The van der Waals surface area contributed by atoms with E-state index in [2.05, 4.69) is 4.98 Å². The molecule has 4 nitrogen and oxygen atoms in total. The van der Waals surface area contributed by atoms with E-state index >= 15 is 0 Å². The van der Waals surface area contributed by atoms with Crippen molar-refractivity contribution in [2.45, 2.75) is 32.2 Å². The molecule has 1 unspecified atom stereocenters. The van der Waals surface area contributed by atoms with Gasteiger partial charge in [0.05, 0.1) is 11.0 Å². The molecule has 2 rings (SSSR count). The van der Waals surface area contributed by atoms with Crippen LogP contribution in [0.4, 0.5) is 0 Å². The van der Waals surface area contributed by atoms with Crippen molar-refractivity contribution in [1.29, 1.82) is 0 Å². The zero-order valence-corrected chi connectivity index (χ0v) is 11.2. The molecule has 0 aliphatic carbocycles. The van der Waals surface area contributed by atoms with Crippen LogP contribution in [0.5, 0.6) is 0 Å². The summed E-state index contributed by atoms with van der Waals surface area (Å²) in [5, 5.41) is 0. The highest BCUT2D eigenvalue weighted by atomic mass is 32.1. The van der Waals surface area contributed by atoms with Gasteiger partial charge in [0.2, 0.25) is 0 Å². The van der Waals surface area contributed by atoms with E-state index in [1.165, 1.54) is 0 Å². The number of thiocarbonyl (C=S) groups is 1. The van der Waals surface area contributed by atoms with E-state index in [9.17, 15) is 4.79 Å². The number of hydrogen-bond donors (Lipinski definition) is 1. The normalized spacial score (nSPS) is 19.6. The molecule has 0 radical (unpaired) electrons. The molecule has 0 saturated carbocycles. The van der Waals surface area contributed by atoms with Crippen molar-refractivity contribution in [3.05, 3.63) is 29.6 Å². The second-order valence-corrected chi connectivity index (χ2v) is 5.05. The van der Waals surface area contributed by atoms with Crippen molar-refractivity contribution in [2.75, 3.05) is 6.54 Å². The number of amides is 1. The summed E-state index contributed by atoms with van der Waals surface area (Å²) in [6.45, 7) is 2.58. The average molecular weight is 263 g/mol. The summed E-state index contributed by atoms with van der Waals surface area (Å²) in [6, 6.07) is 5.33. The zero-order valence-electron chi connectivity index (χ0n) is 10.4. The molecule has 1 fully saturated rings. The standard InChI is InChI=1S/C13H17N3OS/c1-9-5-4-6-10(15-9)13(17)16-8-3-2-7-11(16)12(14)18/h4-6,11H,2-3,7-8H2,1H3,(H2,14,18). The Morgan fingerprint density at radius 2 is 2.28 bits per heavy atom. The highest BCUT2D eigenvalue weighted by Gasteiger charge is 2.29. The van der Waals surface area contributed by atoms with Gasteiger partial charge in [-0.15, -0.1) is 0 Å². The first-order valence-electron chi connectivity index (χ1n) is 6.13. The third-order valence-electron chi connectivity index (χ3n) is 3.20. The van der Waals surface area contributed by atoms with Crippen molar-refractivity contribution in [3.63, 3.8) is 0 Å². The minimum Gasteiger partial charge on any atom is -0.392 e. The largest absolute Gasteiger partial charge is 0.392 e. The molecule has 0 bridgehead atoms. The van der Waals surface area contributed by atoms with E-state index in [4.69, 9.17) is 18.0 Å². The predicted molar refractivity (Wildman–Crippen MR) is 74.4 cm³/mol. The zero-order chi connectivity index (χ0) is 13.1. The van der Waals surface area contributed by atoms with Crippen molar-refractivity contribution in [2.24, 2.45) is 5.73 Å². The Morgan fingerprint density at radius 1 is 1.50 bits per heavy atom. The van der Waals surface area contributed by atoms with Gasteiger partial charge in [0.15, 0.2) is 0 Å². The molecule has 1 aromatic heterocycles. The smallest absolute Gasteiger partial charge is 0.273 e. The van der Waals surface area contributed by atoms with Crippen LogP contribution in [0, 0.1) is 6.92 Å². The summed E-state index contributed by atoms with van der Waals surface area (Å²) < 4.78 is 0. The molecule has 1 amide bonds. The minimum atomic E-state index is -0.122. The van der Waals surface area contributed by atoms with E-state index < -0.39 is 0 Å². The fraction of sp³-hybridized carbons (Fsp3) is 0.462. The van der Waals surface area contributed by atoms with Gasteiger partial charge < -0.3 is 10.6 Å². The lowest BCUT2D eigenvalue weighted by molar-refractivity contribution is 0.0675. The van der Waals surface area contributed by atoms with E-state index in [0.29, 0.717) is 17.2 Å². The molecule has 96 valence electrons. The predicted octanol–water partition coefficient (Wildman–Crippen LogP) is 1.67. The van der Waals surface area contributed by atoms with Gasteiger partial charge in [-0.3, -0.25) is 4.79 Å². The molecule has 2 N–H and O–H groups in total. The quantitative estimate of drug-likeness (QED) is 0.825. The molecule has 1 aliphatic heterocycles. The van der Waals surface area contributed by atoms with Gasteiger partial charge in [-0.25, -0.2) is 4.98 Å². The van der Waals surface area contributed by atoms with E-state index in [0.717, 1.165) is 25.0 Å². The number of nitrogens with two attached hydrogens (primary N) is 1. The summed E-state index contributed by atoms with van der Waals surface area (Å²) in [5.74, 6) is -0.0730. The van der Waals surface area contributed by atoms with Crippen LogP contribution < -0.4 is 5.73 Å². The van der Waals surface area contributed by atoms with Crippen LogP contribution in [0.1, 0.15) is 35.4 Å². The number of likely N-dealkylation sites (tertiary alicyclic amines) is 1. The maximum Gasteiger partial charge on any atom is 0.273 e. The number of rotatable bonds is 2. The third-order valence-corrected chi connectivity index (χ3v) is 3.47. The maximum atomic E-state index is 12.4. The molecule has 2 heterocycles. The number of aryl methyl sites for hydroxylation is 1. The van der Waals surface area contributed by atoms with Gasteiger partial charge in [-0.05, 0) is 38.3 Å². The highest BCUT2D eigenvalue weighted by molar-refractivity contribution is 7.80. The van der Waals surface area contributed by atoms with Gasteiger partial charge in [-0.1, -0.05) is 18.3 Å². The third kappa shape index (κ3) is 2.67. The van der Waals surface area contributed by atoms with E-state index in [1.54, 1.807) is 11.0 Å². The molecular weight excluding hydrogens is 246 g/mol. The molecule has 1 aliphatic rings. The molecule has 0 aromatic carbocycles. The first kappa shape index (κ1) is 13.0. The van der Waals surface area contributed by atoms with Crippen molar-refractivity contribution in [1.82, 2.24) is 9.88 Å². The minimum absolute atomic E-state index is 0.0730. The van der Waals surface area contributed by atoms with E-state index in [1.807, 2.05) is 19.1 Å². The van der Waals surface area contributed by atoms with Gasteiger partial charge in [0, 0.05) is 12.2 Å². The summed E-state index contributed by atoms with van der Waals surface area (Å²) in [6.07, 6.45) is 2.91. The lowest BCUT2D eigenvalue weighted by atomic mass is 10.0.